The Labute approximate surface area is 160 Å². The fourth-order valence-electron chi connectivity index (χ4n) is 3.72. The summed E-state index contributed by atoms with van der Waals surface area (Å²) >= 11 is 0. The van der Waals surface area contributed by atoms with Crippen molar-refractivity contribution in [2.45, 2.75) is 5.92 Å². The first-order chi connectivity index (χ1) is 13.6. The number of para-hydroxylation sites is 2. The summed E-state index contributed by atoms with van der Waals surface area (Å²) in [5, 5.41) is 5.09. The highest BCUT2D eigenvalue weighted by Crippen LogP contribution is 2.44. The van der Waals surface area contributed by atoms with E-state index in [0.717, 1.165) is 11.1 Å². The number of amides is 3. The highest BCUT2D eigenvalue weighted by molar-refractivity contribution is 6.24. The SMILES string of the molecule is O=C1NC(=O)c2c(NC(=O)C3c4ccccc4Oc4ccccc43)cccc21. The van der Waals surface area contributed by atoms with Crippen LogP contribution in [0, 0.1) is 0 Å². The van der Waals surface area contributed by atoms with Crippen molar-refractivity contribution >= 4 is 23.4 Å². The molecule has 6 heteroatoms. The van der Waals surface area contributed by atoms with Crippen molar-refractivity contribution in [2.75, 3.05) is 5.32 Å². The van der Waals surface area contributed by atoms with Crippen LogP contribution in [0.1, 0.15) is 37.8 Å². The van der Waals surface area contributed by atoms with Crippen molar-refractivity contribution in [3.05, 3.63) is 89.0 Å². The van der Waals surface area contributed by atoms with Crippen molar-refractivity contribution in [1.82, 2.24) is 5.32 Å². The average Bonchev–Trinajstić information content (AvgIpc) is 3.00. The van der Waals surface area contributed by atoms with E-state index in [9.17, 15) is 14.4 Å². The molecule has 0 bridgehead atoms. The van der Waals surface area contributed by atoms with Crippen LogP contribution in [-0.4, -0.2) is 17.7 Å². The van der Waals surface area contributed by atoms with E-state index in [1.165, 1.54) is 0 Å². The first kappa shape index (κ1) is 16.3. The van der Waals surface area contributed by atoms with Crippen LogP contribution in [0.15, 0.2) is 66.7 Å². The third kappa shape index (κ3) is 2.39. The van der Waals surface area contributed by atoms with Crippen LogP contribution < -0.4 is 15.4 Å². The zero-order valence-electron chi connectivity index (χ0n) is 14.6. The Balaban J connectivity index is 1.58. The lowest BCUT2D eigenvalue weighted by Crippen LogP contribution is -2.26. The van der Waals surface area contributed by atoms with E-state index in [1.807, 2.05) is 48.5 Å². The molecule has 0 saturated heterocycles. The Kier molecular flexibility index (Phi) is 3.52. The highest BCUT2D eigenvalue weighted by Gasteiger charge is 2.34. The number of hydrogen-bond donors (Lipinski definition) is 2. The van der Waals surface area contributed by atoms with E-state index in [4.69, 9.17) is 4.74 Å². The van der Waals surface area contributed by atoms with Gasteiger partial charge in [0.1, 0.15) is 11.5 Å². The summed E-state index contributed by atoms with van der Waals surface area (Å²) in [5.41, 5.74) is 2.25. The molecule has 0 unspecified atom stereocenters. The summed E-state index contributed by atoms with van der Waals surface area (Å²) in [7, 11) is 0. The van der Waals surface area contributed by atoms with Crippen LogP contribution in [0.25, 0.3) is 0 Å². The van der Waals surface area contributed by atoms with Crippen molar-refractivity contribution in [3.8, 4) is 11.5 Å². The largest absolute Gasteiger partial charge is 0.457 e. The molecule has 5 rings (SSSR count). The number of imide groups is 1. The minimum atomic E-state index is -0.600. The van der Waals surface area contributed by atoms with Gasteiger partial charge in [-0.15, -0.1) is 0 Å². The van der Waals surface area contributed by atoms with Gasteiger partial charge >= 0.3 is 0 Å². The standard InChI is InChI=1S/C22H14N2O4/c25-20-14-8-5-9-15(19(14)22(27)24-20)23-21(26)18-12-6-1-3-10-16(12)28-17-11-4-2-7-13(17)18/h1-11,18H,(H,23,26)(H,24,25,27). The van der Waals surface area contributed by atoms with Gasteiger partial charge in [0.15, 0.2) is 0 Å². The van der Waals surface area contributed by atoms with Gasteiger partial charge in [-0.2, -0.15) is 0 Å². The maximum absolute atomic E-state index is 13.3. The van der Waals surface area contributed by atoms with E-state index in [0.29, 0.717) is 17.2 Å². The molecule has 0 atom stereocenters. The Hall–Kier alpha value is -3.93. The molecule has 0 aliphatic carbocycles. The van der Waals surface area contributed by atoms with Gasteiger partial charge in [-0.25, -0.2) is 0 Å². The second-order valence-corrected chi connectivity index (χ2v) is 6.61. The van der Waals surface area contributed by atoms with E-state index in [1.54, 1.807) is 18.2 Å². The zero-order valence-corrected chi connectivity index (χ0v) is 14.6. The van der Waals surface area contributed by atoms with Gasteiger partial charge in [-0.1, -0.05) is 42.5 Å². The highest BCUT2D eigenvalue weighted by atomic mass is 16.5. The second-order valence-electron chi connectivity index (χ2n) is 6.61. The molecule has 0 aromatic heterocycles. The first-order valence-corrected chi connectivity index (χ1v) is 8.79. The quantitative estimate of drug-likeness (QED) is 0.677. The number of anilines is 1. The van der Waals surface area contributed by atoms with E-state index >= 15 is 0 Å². The zero-order chi connectivity index (χ0) is 19.3. The van der Waals surface area contributed by atoms with Crippen LogP contribution in [0.4, 0.5) is 5.69 Å². The van der Waals surface area contributed by atoms with Crippen LogP contribution in [-0.2, 0) is 4.79 Å². The number of ether oxygens (including phenoxy) is 1. The van der Waals surface area contributed by atoms with Crippen LogP contribution in [0.5, 0.6) is 11.5 Å². The Morgan fingerprint density at radius 2 is 1.46 bits per heavy atom. The minimum absolute atomic E-state index is 0.189. The summed E-state index contributed by atoms with van der Waals surface area (Å²) in [5.74, 6) is -0.637. The van der Waals surface area contributed by atoms with Crippen LogP contribution >= 0.6 is 0 Å². The summed E-state index contributed by atoms with van der Waals surface area (Å²) in [6.45, 7) is 0. The molecule has 0 saturated carbocycles. The predicted molar refractivity (Wildman–Crippen MR) is 102 cm³/mol. The molecular formula is C22H14N2O4. The lowest BCUT2D eigenvalue weighted by atomic mass is 9.87. The topological polar surface area (TPSA) is 84.5 Å². The van der Waals surface area contributed by atoms with Gasteiger partial charge in [0.25, 0.3) is 11.8 Å². The molecule has 2 aliphatic rings. The third-order valence-corrected chi connectivity index (χ3v) is 4.96. The van der Waals surface area contributed by atoms with Crippen molar-refractivity contribution < 1.29 is 19.1 Å². The van der Waals surface area contributed by atoms with Gasteiger partial charge in [0.2, 0.25) is 5.91 Å². The number of carbonyl (C=O) groups is 3. The fourth-order valence-corrected chi connectivity index (χ4v) is 3.72. The molecule has 2 N–H and O–H groups in total. The summed E-state index contributed by atoms with van der Waals surface area (Å²) < 4.78 is 5.92. The summed E-state index contributed by atoms with van der Waals surface area (Å²) in [4.78, 5) is 37.3. The normalized spacial score (nSPS) is 14.4. The van der Waals surface area contributed by atoms with Gasteiger partial charge in [-0.05, 0) is 24.3 Å². The van der Waals surface area contributed by atoms with E-state index in [2.05, 4.69) is 10.6 Å². The maximum atomic E-state index is 13.3. The fraction of sp³-hybridized carbons (Fsp3) is 0.0455. The maximum Gasteiger partial charge on any atom is 0.261 e. The third-order valence-electron chi connectivity index (χ3n) is 4.96. The molecule has 2 heterocycles. The summed E-state index contributed by atoms with van der Waals surface area (Å²) in [6, 6.07) is 19.5. The molecule has 0 fully saturated rings. The van der Waals surface area contributed by atoms with Gasteiger partial charge in [0, 0.05) is 11.1 Å². The van der Waals surface area contributed by atoms with Gasteiger partial charge in [-0.3, -0.25) is 19.7 Å². The number of fused-ring (bicyclic) bond motifs is 3. The van der Waals surface area contributed by atoms with Gasteiger partial charge in [0.05, 0.1) is 22.7 Å². The van der Waals surface area contributed by atoms with Crippen molar-refractivity contribution in [2.24, 2.45) is 0 Å². The molecule has 0 spiro atoms. The van der Waals surface area contributed by atoms with Crippen molar-refractivity contribution in [3.63, 3.8) is 0 Å². The molecule has 3 aromatic rings. The Morgan fingerprint density at radius 3 is 2.14 bits per heavy atom. The first-order valence-electron chi connectivity index (χ1n) is 8.79. The number of hydrogen-bond acceptors (Lipinski definition) is 4. The van der Waals surface area contributed by atoms with E-state index < -0.39 is 17.7 Å². The predicted octanol–water partition coefficient (Wildman–Crippen LogP) is 3.45. The smallest absolute Gasteiger partial charge is 0.261 e. The summed E-state index contributed by atoms with van der Waals surface area (Å²) in [6.07, 6.45) is 0. The second kappa shape index (κ2) is 6.06. The Bertz CT molecular complexity index is 1120. The van der Waals surface area contributed by atoms with Crippen LogP contribution in [0.3, 0.4) is 0 Å². The Morgan fingerprint density at radius 1 is 0.821 bits per heavy atom. The number of benzene rings is 3. The minimum Gasteiger partial charge on any atom is -0.457 e. The molecule has 3 aromatic carbocycles. The molecule has 0 radical (unpaired) electrons. The van der Waals surface area contributed by atoms with Gasteiger partial charge < -0.3 is 10.1 Å². The lowest BCUT2D eigenvalue weighted by Gasteiger charge is -2.27. The number of carbonyl (C=O) groups excluding carboxylic acids is 3. The van der Waals surface area contributed by atoms with E-state index in [-0.39, 0.29) is 17.0 Å². The molecule has 136 valence electrons. The number of rotatable bonds is 2. The monoisotopic (exact) mass is 370 g/mol. The lowest BCUT2D eigenvalue weighted by molar-refractivity contribution is -0.116. The van der Waals surface area contributed by atoms with Crippen LogP contribution in [0.2, 0.25) is 0 Å². The average molecular weight is 370 g/mol. The molecule has 6 nitrogen and oxygen atoms in total. The molecule has 3 amide bonds. The molecule has 2 aliphatic heterocycles. The molecule has 28 heavy (non-hydrogen) atoms. The van der Waals surface area contributed by atoms with Crippen molar-refractivity contribution in [1.29, 1.82) is 0 Å². The number of nitrogens with one attached hydrogen (secondary N) is 2. The molecular weight excluding hydrogens is 356 g/mol.